The summed E-state index contributed by atoms with van der Waals surface area (Å²) in [6.07, 6.45) is 5.58. The van der Waals surface area contributed by atoms with Gasteiger partial charge >= 0.3 is 0 Å². The molecule has 2 saturated heterocycles. The number of fused-ring (bicyclic) bond motifs is 1. The highest BCUT2D eigenvalue weighted by atomic mass is 16.7. The normalized spacial score (nSPS) is 45.0. The van der Waals surface area contributed by atoms with Crippen LogP contribution in [0, 0.1) is 5.92 Å². The first-order chi connectivity index (χ1) is 5.36. The highest BCUT2D eigenvalue weighted by Gasteiger charge is 2.31. The van der Waals surface area contributed by atoms with Crippen LogP contribution in [-0.2, 0) is 9.47 Å². The van der Waals surface area contributed by atoms with Crippen molar-refractivity contribution < 1.29 is 9.47 Å². The van der Waals surface area contributed by atoms with E-state index in [0.717, 1.165) is 6.61 Å². The molecular formula is C9H16O2. The molecule has 0 bridgehead atoms. The second kappa shape index (κ2) is 3.11. The largest absolute Gasteiger partial charge is 0.352 e. The molecule has 2 heterocycles. The van der Waals surface area contributed by atoms with Crippen molar-refractivity contribution in [2.45, 2.75) is 45.0 Å². The van der Waals surface area contributed by atoms with Gasteiger partial charge in [-0.1, -0.05) is 0 Å². The molecule has 11 heavy (non-hydrogen) atoms. The summed E-state index contributed by atoms with van der Waals surface area (Å²) < 4.78 is 11.2. The maximum Gasteiger partial charge on any atom is 0.160 e. The molecule has 0 aliphatic carbocycles. The van der Waals surface area contributed by atoms with E-state index in [0.29, 0.717) is 12.0 Å². The van der Waals surface area contributed by atoms with E-state index >= 15 is 0 Å². The highest BCUT2D eigenvalue weighted by Crippen LogP contribution is 2.32. The van der Waals surface area contributed by atoms with Crippen molar-refractivity contribution in [2.75, 3.05) is 6.61 Å². The molecule has 2 rings (SSSR count). The van der Waals surface area contributed by atoms with Crippen LogP contribution in [-0.4, -0.2) is 19.0 Å². The Morgan fingerprint density at radius 1 is 1.18 bits per heavy atom. The molecule has 2 aliphatic heterocycles. The van der Waals surface area contributed by atoms with Crippen molar-refractivity contribution >= 4 is 0 Å². The summed E-state index contributed by atoms with van der Waals surface area (Å²) in [5.41, 5.74) is 0. The van der Waals surface area contributed by atoms with Crippen LogP contribution in [0.15, 0.2) is 0 Å². The molecule has 0 aromatic heterocycles. The zero-order valence-electron chi connectivity index (χ0n) is 7.08. The van der Waals surface area contributed by atoms with Crippen LogP contribution in [0.4, 0.5) is 0 Å². The number of ether oxygens (including phenoxy) is 2. The van der Waals surface area contributed by atoms with E-state index in [1.807, 2.05) is 0 Å². The maximum atomic E-state index is 5.67. The summed E-state index contributed by atoms with van der Waals surface area (Å²) in [7, 11) is 0. The van der Waals surface area contributed by atoms with Crippen molar-refractivity contribution in [3.63, 3.8) is 0 Å². The Kier molecular flexibility index (Phi) is 2.14. The van der Waals surface area contributed by atoms with Crippen LogP contribution in [0.1, 0.15) is 32.6 Å². The van der Waals surface area contributed by atoms with Gasteiger partial charge in [0.2, 0.25) is 0 Å². The molecule has 0 aromatic carbocycles. The van der Waals surface area contributed by atoms with Gasteiger partial charge < -0.3 is 9.47 Å². The Morgan fingerprint density at radius 2 is 2.09 bits per heavy atom. The van der Waals surface area contributed by atoms with Gasteiger partial charge in [-0.25, -0.2) is 0 Å². The molecular weight excluding hydrogens is 140 g/mol. The van der Waals surface area contributed by atoms with Crippen molar-refractivity contribution in [3.05, 3.63) is 0 Å². The predicted octanol–water partition coefficient (Wildman–Crippen LogP) is 1.94. The van der Waals surface area contributed by atoms with Gasteiger partial charge in [0, 0.05) is 12.5 Å². The van der Waals surface area contributed by atoms with Gasteiger partial charge in [0.25, 0.3) is 0 Å². The van der Waals surface area contributed by atoms with Gasteiger partial charge in [-0.2, -0.15) is 0 Å². The van der Waals surface area contributed by atoms with Gasteiger partial charge in [-0.15, -0.1) is 0 Å². The first-order valence-corrected chi connectivity index (χ1v) is 4.63. The van der Waals surface area contributed by atoms with Gasteiger partial charge in [0.1, 0.15) is 0 Å². The summed E-state index contributed by atoms with van der Waals surface area (Å²) in [6, 6.07) is 0. The summed E-state index contributed by atoms with van der Waals surface area (Å²) in [6.45, 7) is 3.03. The number of rotatable bonds is 0. The zero-order valence-corrected chi connectivity index (χ0v) is 7.08. The third-order valence-electron chi connectivity index (χ3n) is 2.70. The Hall–Kier alpha value is -0.0800. The lowest BCUT2D eigenvalue weighted by Crippen LogP contribution is -2.38. The van der Waals surface area contributed by atoms with Gasteiger partial charge in [0.05, 0.1) is 6.10 Å². The first-order valence-electron chi connectivity index (χ1n) is 4.63. The first kappa shape index (κ1) is 7.56. The Bertz CT molecular complexity index is 136. The van der Waals surface area contributed by atoms with Crippen LogP contribution in [0.3, 0.4) is 0 Å². The van der Waals surface area contributed by atoms with Gasteiger partial charge in [-0.05, 0) is 32.6 Å². The molecule has 1 unspecified atom stereocenters. The molecule has 2 fully saturated rings. The SMILES string of the molecule is CC1CC[C@@H]2CCCO[C@H]2O1. The fraction of sp³-hybridized carbons (Fsp3) is 1.00. The molecule has 0 saturated carbocycles. The average molecular weight is 156 g/mol. The van der Waals surface area contributed by atoms with E-state index < -0.39 is 0 Å². The lowest BCUT2D eigenvalue weighted by Gasteiger charge is -2.37. The molecule has 64 valence electrons. The van der Waals surface area contributed by atoms with Crippen molar-refractivity contribution in [1.29, 1.82) is 0 Å². The molecule has 2 aliphatic rings. The van der Waals surface area contributed by atoms with Crippen LogP contribution >= 0.6 is 0 Å². The van der Waals surface area contributed by atoms with Gasteiger partial charge in [-0.3, -0.25) is 0 Å². The third-order valence-corrected chi connectivity index (χ3v) is 2.70. The molecule has 0 aromatic rings. The van der Waals surface area contributed by atoms with Crippen LogP contribution in [0.2, 0.25) is 0 Å². The average Bonchev–Trinajstić information content (AvgIpc) is 2.04. The summed E-state index contributed by atoms with van der Waals surface area (Å²) in [4.78, 5) is 0. The summed E-state index contributed by atoms with van der Waals surface area (Å²) in [5, 5.41) is 0. The summed E-state index contributed by atoms with van der Waals surface area (Å²) in [5.74, 6) is 0.694. The Morgan fingerprint density at radius 3 is 3.00 bits per heavy atom. The van der Waals surface area contributed by atoms with Gasteiger partial charge in [0.15, 0.2) is 6.29 Å². The molecule has 0 spiro atoms. The Labute approximate surface area is 67.9 Å². The van der Waals surface area contributed by atoms with Crippen molar-refractivity contribution in [1.82, 2.24) is 0 Å². The van der Waals surface area contributed by atoms with Crippen LogP contribution in [0.5, 0.6) is 0 Å². The molecule has 0 radical (unpaired) electrons. The molecule has 0 amide bonds. The number of hydrogen-bond donors (Lipinski definition) is 0. The van der Waals surface area contributed by atoms with E-state index in [2.05, 4.69) is 6.92 Å². The lowest BCUT2D eigenvalue weighted by molar-refractivity contribution is -0.234. The van der Waals surface area contributed by atoms with Crippen molar-refractivity contribution in [2.24, 2.45) is 5.92 Å². The van der Waals surface area contributed by atoms with E-state index in [9.17, 15) is 0 Å². The minimum atomic E-state index is 0.132. The summed E-state index contributed by atoms with van der Waals surface area (Å²) >= 11 is 0. The van der Waals surface area contributed by atoms with Crippen LogP contribution < -0.4 is 0 Å². The maximum absolute atomic E-state index is 5.67. The van der Waals surface area contributed by atoms with E-state index in [1.54, 1.807) is 0 Å². The number of hydrogen-bond acceptors (Lipinski definition) is 2. The second-order valence-corrected chi connectivity index (χ2v) is 3.67. The van der Waals surface area contributed by atoms with E-state index in [1.165, 1.54) is 25.7 Å². The van der Waals surface area contributed by atoms with Crippen LogP contribution in [0.25, 0.3) is 0 Å². The molecule has 3 atom stereocenters. The Balaban J connectivity index is 1.93. The third kappa shape index (κ3) is 1.57. The molecule has 2 heteroatoms. The fourth-order valence-electron chi connectivity index (χ4n) is 1.99. The fourth-order valence-corrected chi connectivity index (χ4v) is 1.99. The topological polar surface area (TPSA) is 18.5 Å². The van der Waals surface area contributed by atoms with E-state index in [-0.39, 0.29) is 6.29 Å². The monoisotopic (exact) mass is 156 g/mol. The zero-order chi connectivity index (χ0) is 7.68. The molecule has 0 N–H and O–H groups in total. The lowest BCUT2D eigenvalue weighted by atomic mass is 9.91. The minimum Gasteiger partial charge on any atom is -0.352 e. The predicted molar refractivity (Wildman–Crippen MR) is 42.2 cm³/mol. The standard InChI is InChI=1S/C9H16O2/c1-7-4-5-8-3-2-6-10-9(8)11-7/h7-9H,2-6H2,1H3/t7?,8-,9-/m0/s1. The highest BCUT2D eigenvalue weighted by molar-refractivity contribution is 4.74. The van der Waals surface area contributed by atoms with E-state index in [4.69, 9.17) is 9.47 Å². The smallest absolute Gasteiger partial charge is 0.160 e. The molecule has 2 nitrogen and oxygen atoms in total. The van der Waals surface area contributed by atoms with Crippen molar-refractivity contribution in [3.8, 4) is 0 Å². The quantitative estimate of drug-likeness (QED) is 0.533. The minimum absolute atomic E-state index is 0.132. The second-order valence-electron chi connectivity index (χ2n) is 3.67.